The Morgan fingerprint density at radius 3 is 2.71 bits per heavy atom. The second kappa shape index (κ2) is 4.69. The van der Waals surface area contributed by atoms with Gasteiger partial charge in [0.05, 0.1) is 11.7 Å². The number of carboxylic acid groups (broad SMARTS) is 1. The van der Waals surface area contributed by atoms with E-state index in [1.165, 1.54) is 6.20 Å². The maximum absolute atomic E-state index is 12.1. The zero-order valence-electron chi connectivity index (χ0n) is 11.2. The molecular weight excluding hydrogens is 278 g/mol. The first-order valence-electron chi connectivity index (χ1n) is 6.42. The van der Waals surface area contributed by atoms with Gasteiger partial charge in [-0.2, -0.15) is 4.98 Å². The minimum Gasteiger partial charge on any atom is -0.477 e. The van der Waals surface area contributed by atoms with E-state index in [4.69, 9.17) is 9.63 Å². The molecule has 2 heterocycles. The first kappa shape index (κ1) is 13.3. The van der Waals surface area contributed by atoms with Gasteiger partial charge in [-0.25, -0.2) is 9.78 Å². The fourth-order valence-corrected chi connectivity index (χ4v) is 2.29. The van der Waals surface area contributed by atoms with E-state index < -0.39 is 17.4 Å². The lowest BCUT2D eigenvalue weighted by atomic mass is 9.76. The number of nitrogens with one attached hydrogen (secondary N) is 2. The van der Waals surface area contributed by atoms with Gasteiger partial charge in [0.25, 0.3) is 11.7 Å². The van der Waals surface area contributed by atoms with Crippen LogP contribution in [0.15, 0.2) is 10.7 Å². The number of aromatic nitrogens is 4. The number of H-pyrrole nitrogens is 1. The molecule has 21 heavy (non-hydrogen) atoms. The van der Waals surface area contributed by atoms with E-state index in [1.807, 2.05) is 0 Å². The topological polar surface area (TPSA) is 134 Å². The average molecular weight is 291 g/mol. The zero-order chi connectivity index (χ0) is 15.0. The Morgan fingerprint density at radius 2 is 2.24 bits per heavy atom. The number of carbonyl (C=O) groups is 2. The summed E-state index contributed by atoms with van der Waals surface area (Å²) in [6.07, 6.45) is 3.49. The predicted octanol–water partition coefficient (Wildman–Crippen LogP) is 0.609. The molecule has 1 fully saturated rings. The Labute approximate surface area is 118 Å². The molecule has 2 aromatic heterocycles. The highest BCUT2D eigenvalue weighted by molar-refractivity contribution is 5.91. The van der Waals surface area contributed by atoms with E-state index in [9.17, 15) is 9.59 Å². The van der Waals surface area contributed by atoms with Gasteiger partial charge in [-0.3, -0.25) is 4.79 Å². The molecule has 110 valence electrons. The molecular formula is C12H13N5O4. The van der Waals surface area contributed by atoms with Crippen molar-refractivity contribution < 1.29 is 19.2 Å². The zero-order valence-corrected chi connectivity index (χ0v) is 11.2. The number of rotatable bonds is 4. The highest BCUT2D eigenvalue weighted by atomic mass is 16.5. The number of aryl methyl sites for hydroxylation is 1. The molecule has 2 aromatic rings. The summed E-state index contributed by atoms with van der Waals surface area (Å²) in [5, 5.41) is 15.3. The summed E-state index contributed by atoms with van der Waals surface area (Å²) in [5.41, 5.74) is -0.708. The summed E-state index contributed by atoms with van der Waals surface area (Å²) in [7, 11) is 0. The van der Waals surface area contributed by atoms with Crippen LogP contribution >= 0.6 is 0 Å². The van der Waals surface area contributed by atoms with Gasteiger partial charge >= 0.3 is 5.97 Å². The molecule has 0 aromatic carbocycles. The number of nitrogens with zero attached hydrogens (tertiary/aromatic N) is 3. The van der Waals surface area contributed by atoms with E-state index in [1.54, 1.807) is 6.92 Å². The minimum atomic E-state index is -1.09. The number of amides is 1. The molecule has 9 heteroatoms. The molecule has 0 aliphatic heterocycles. The fourth-order valence-electron chi connectivity index (χ4n) is 2.29. The van der Waals surface area contributed by atoms with Crippen molar-refractivity contribution in [1.82, 2.24) is 25.4 Å². The van der Waals surface area contributed by atoms with Crippen LogP contribution in [-0.4, -0.2) is 37.1 Å². The molecule has 0 spiro atoms. The predicted molar refractivity (Wildman–Crippen MR) is 67.6 cm³/mol. The summed E-state index contributed by atoms with van der Waals surface area (Å²) in [6.45, 7) is 1.59. The van der Waals surface area contributed by atoms with Gasteiger partial charge in [0.15, 0.2) is 0 Å². The Balaban J connectivity index is 1.83. The monoisotopic (exact) mass is 291 g/mol. The molecule has 1 amide bonds. The minimum absolute atomic E-state index is 0.0130. The van der Waals surface area contributed by atoms with E-state index in [0.717, 1.165) is 6.42 Å². The number of imidazole rings is 1. The molecule has 0 atom stereocenters. The summed E-state index contributed by atoms with van der Waals surface area (Å²) in [4.78, 5) is 33.7. The third-order valence-corrected chi connectivity index (χ3v) is 3.55. The van der Waals surface area contributed by atoms with Gasteiger partial charge in [0.2, 0.25) is 5.89 Å². The Morgan fingerprint density at radius 1 is 1.48 bits per heavy atom. The first-order valence-corrected chi connectivity index (χ1v) is 6.42. The number of carbonyl (C=O) groups excluding carboxylic acids is 1. The van der Waals surface area contributed by atoms with Crippen molar-refractivity contribution in [1.29, 1.82) is 0 Å². The van der Waals surface area contributed by atoms with E-state index in [0.29, 0.717) is 24.6 Å². The van der Waals surface area contributed by atoms with Crippen molar-refractivity contribution in [3.63, 3.8) is 0 Å². The summed E-state index contributed by atoms with van der Waals surface area (Å²) in [6, 6.07) is 0. The molecule has 0 unspecified atom stereocenters. The Bertz CT molecular complexity index is 700. The van der Waals surface area contributed by atoms with Gasteiger partial charge in [0, 0.05) is 6.92 Å². The van der Waals surface area contributed by atoms with Crippen molar-refractivity contribution in [3.8, 4) is 0 Å². The summed E-state index contributed by atoms with van der Waals surface area (Å²) in [5.74, 6) is -0.888. The normalized spacial score (nSPS) is 16.2. The van der Waals surface area contributed by atoms with Crippen LogP contribution in [0.2, 0.25) is 0 Å². The van der Waals surface area contributed by atoms with Crippen LogP contribution in [0, 0.1) is 6.92 Å². The first-order chi connectivity index (χ1) is 10.00. The molecule has 0 radical (unpaired) electrons. The van der Waals surface area contributed by atoms with Crippen molar-refractivity contribution in [2.75, 3.05) is 0 Å². The standard InChI is InChI=1S/C12H13N5O4/c1-6-14-8(17-21-6)9(18)16-12(3-2-4-12)11-13-5-7(15-11)10(19)20/h5H,2-4H2,1H3,(H,13,15)(H,16,18)(H,19,20). The SMILES string of the molecule is Cc1nc(C(=O)NC2(c3ncc(C(=O)O)[nH]3)CCC2)no1. The van der Waals surface area contributed by atoms with Crippen LogP contribution in [0.25, 0.3) is 0 Å². The van der Waals surface area contributed by atoms with E-state index in [-0.39, 0.29) is 11.5 Å². The molecule has 1 aliphatic carbocycles. The van der Waals surface area contributed by atoms with Gasteiger partial charge < -0.3 is 19.9 Å². The molecule has 0 bridgehead atoms. The van der Waals surface area contributed by atoms with Crippen LogP contribution in [-0.2, 0) is 5.54 Å². The van der Waals surface area contributed by atoms with Crippen LogP contribution in [0.1, 0.15) is 52.1 Å². The molecule has 1 aliphatic rings. The maximum atomic E-state index is 12.1. The van der Waals surface area contributed by atoms with Crippen LogP contribution < -0.4 is 5.32 Å². The smallest absolute Gasteiger partial charge is 0.353 e. The number of hydrogen-bond donors (Lipinski definition) is 3. The molecule has 9 nitrogen and oxygen atoms in total. The quantitative estimate of drug-likeness (QED) is 0.751. The van der Waals surface area contributed by atoms with Crippen molar-refractivity contribution in [2.24, 2.45) is 0 Å². The van der Waals surface area contributed by atoms with E-state index >= 15 is 0 Å². The summed E-state index contributed by atoms with van der Waals surface area (Å²) < 4.78 is 4.77. The Kier molecular flexibility index (Phi) is 2.96. The van der Waals surface area contributed by atoms with Gasteiger partial charge in [-0.15, -0.1) is 0 Å². The third kappa shape index (κ3) is 2.26. The Hall–Kier alpha value is -2.71. The number of carboxylic acids is 1. The lowest BCUT2D eigenvalue weighted by Crippen LogP contribution is -2.51. The largest absolute Gasteiger partial charge is 0.477 e. The van der Waals surface area contributed by atoms with Gasteiger partial charge in [-0.1, -0.05) is 5.16 Å². The highest BCUT2D eigenvalue weighted by Crippen LogP contribution is 2.39. The maximum Gasteiger partial charge on any atom is 0.353 e. The second-order valence-electron chi connectivity index (χ2n) is 4.98. The molecule has 1 saturated carbocycles. The van der Waals surface area contributed by atoms with Crippen LogP contribution in [0.3, 0.4) is 0 Å². The van der Waals surface area contributed by atoms with Crippen molar-refractivity contribution in [2.45, 2.75) is 31.7 Å². The van der Waals surface area contributed by atoms with Crippen LogP contribution in [0.4, 0.5) is 0 Å². The average Bonchev–Trinajstić information content (AvgIpc) is 3.02. The number of hydrogen-bond acceptors (Lipinski definition) is 6. The van der Waals surface area contributed by atoms with Crippen molar-refractivity contribution >= 4 is 11.9 Å². The van der Waals surface area contributed by atoms with E-state index in [2.05, 4.69) is 25.4 Å². The van der Waals surface area contributed by atoms with Gasteiger partial charge in [0.1, 0.15) is 11.5 Å². The summed E-state index contributed by atoms with van der Waals surface area (Å²) >= 11 is 0. The molecule has 3 N–H and O–H groups in total. The lowest BCUT2D eigenvalue weighted by Gasteiger charge is -2.40. The van der Waals surface area contributed by atoms with Gasteiger partial charge in [-0.05, 0) is 19.3 Å². The highest BCUT2D eigenvalue weighted by Gasteiger charge is 2.43. The number of aromatic amines is 1. The van der Waals surface area contributed by atoms with Crippen LogP contribution in [0.5, 0.6) is 0 Å². The van der Waals surface area contributed by atoms with Crippen molar-refractivity contribution in [3.05, 3.63) is 29.4 Å². The number of aromatic carboxylic acids is 1. The molecule has 3 rings (SSSR count). The molecule has 0 saturated heterocycles. The third-order valence-electron chi connectivity index (χ3n) is 3.55. The lowest BCUT2D eigenvalue weighted by molar-refractivity contribution is 0.0690. The fraction of sp³-hybridized carbons (Fsp3) is 0.417. The second-order valence-corrected chi connectivity index (χ2v) is 4.98.